The zero-order valence-corrected chi connectivity index (χ0v) is 13.8. The van der Waals surface area contributed by atoms with Gasteiger partial charge in [0.15, 0.2) is 5.16 Å². The molecule has 0 radical (unpaired) electrons. The predicted octanol–water partition coefficient (Wildman–Crippen LogP) is 4.24. The maximum Gasteiger partial charge on any atom is 0.255 e. The Morgan fingerprint density at radius 1 is 1.08 bits per heavy atom. The Kier molecular flexibility index (Phi) is 4.80. The van der Waals surface area contributed by atoms with Gasteiger partial charge in [0.05, 0.1) is 5.69 Å². The summed E-state index contributed by atoms with van der Waals surface area (Å²) < 4.78 is 41.9. The molecule has 0 aliphatic carbocycles. The topological polar surface area (TPSA) is 46.9 Å². The summed E-state index contributed by atoms with van der Waals surface area (Å²) in [6, 6.07) is 6.37. The zero-order valence-electron chi connectivity index (χ0n) is 13.0. The van der Waals surface area contributed by atoms with E-state index in [1.807, 2.05) is 0 Å². The summed E-state index contributed by atoms with van der Waals surface area (Å²) in [4.78, 5) is 17.0. The number of benzene rings is 2. The molecule has 0 aliphatic heterocycles. The van der Waals surface area contributed by atoms with Gasteiger partial charge in [0.25, 0.3) is 5.91 Å². The first-order valence-corrected chi connectivity index (χ1v) is 7.96. The molecule has 0 aliphatic rings. The Bertz CT molecular complexity index is 922. The van der Waals surface area contributed by atoms with Gasteiger partial charge in [-0.1, -0.05) is 0 Å². The van der Waals surface area contributed by atoms with Crippen LogP contribution in [0.4, 0.5) is 18.9 Å². The number of nitrogens with zero attached hydrogens (tertiary/aromatic N) is 2. The molecule has 1 aromatic heterocycles. The fraction of sp³-hybridized carbons (Fsp3) is 0.0588. The van der Waals surface area contributed by atoms with E-state index in [9.17, 15) is 18.0 Å². The van der Waals surface area contributed by atoms with Crippen molar-refractivity contribution in [3.63, 3.8) is 0 Å². The molecular weight excluding hydrogens is 351 g/mol. The van der Waals surface area contributed by atoms with E-state index in [0.717, 1.165) is 18.2 Å². The fourth-order valence-electron chi connectivity index (χ4n) is 2.12. The highest BCUT2D eigenvalue weighted by molar-refractivity contribution is 7.99. The van der Waals surface area contributed by atoms with Gasteiger partial charge in [0, 0.05) is 36.0 Å². The summed E-state index contributed by atoms with van der Waals surface area (Å²) in [6.45, 7) is 0. The van der Waals surface area contributed by atoms with Crippen molar-refractivity contribution in [2.75, 3.05) is 5.32 Å². The van der Waals surface area contributed by atoms with Crippen LogP contribution >= 0.6 is 11.8 Å². The average Bonchev–Trinajstić information content (AvgIpc) is 2.94. The van der Waals surface area contributed by atoms with E-state index in [-0.39, 0.29) is 11.3 Å². The van der Waals surface area contributed by atoms with Crippen molar-refractivity contribution in [3.8, 4) is 0 Å². The number of hydrogen-bond acceptors (Lipinski definition) is 3. The minimum atomic E-state index is -0.869. The Labute approximate surface area is 145 Å². The molecule has 0 saturated carbocycles. The molecule has 0 saturated heterocycles. The standard InChI is InChI=1S/C17H12F3N3OS/c1-23-5-4-21-17(23)25-15-3-2-11(18)9-14(15)22-16(24)10-6-12(19)8-13(20)7-10/h2-9H,1H3,(H,22,24). The summed E-state index contributed by atoms with van der Waals surface area (Å²) >= 11 is 1.22. The van der Waals surface area contributed by atoms with Crippen molar-refractivity contribution in [3.05, 3.63) is 71.8 Å². The Morgan fingerprint density at radius 2 is 1.80 bits per heavy atom. The number of carbonyl (C=O) groups excluding carboxylic acids is 1. The van der Waals surface area contributed by atoms with Gasteiger partial charge in [-0.05, 0) is 42.1 Å². The molecule has 3 rings (SSSR count). The number of imidazole rings is 1. The van der Waals surface area contributed by atoms with E-state index in [0.29, 0.717) is 16.1 Å². The summed E-state index contributed by atoms with van der Waals surface area (Å²) in [5.41, 5.74) is -0.0163. The first kappa shape index (κ1) is 17.1. The highest BCUT2D eigenvalue weighted by atomic mass is 32.2. The number of halogens is 3. The number of aryl methyl sites for hydroxylation is 1. The van der Waals surface area contributed by atoms with Gasteiger partial charge >= 0.3 is 0 Å². The van der Waals surface area contributed by atoms with Crippen LogP contribution in [0.25, 0.3) is 0 Å². The summed E-state index contributed by atoms with van der Waals surface area (Å²) in [6.07, 6.45) is 3.36. The molecule has 1 heterocycles. The number of carbonyl (C=O) groups is 1. The third kappa shape index (κ3) is 4.03. The summed E-state index contributed by atoms with van der Waals surface area (Å²) in [5, 5.41) is 3.12. The Morgan fingerprint density at radius 3 is 2.44 bits per heavy atom. The van der Waals surface area contributed by atoms with Gasteiger partial charge in [-0.15, -0.1) is 0 Å². The van der Waals surface area contributed by atoms with E-state index in [4.69, 9.17) is 0 Å². The van der Waals surface area contributed by atoms with Crippen LogP contribution in [-0.4, -0.2) is 15.5 Å². The number of amides is 1. The SMILES string of the molecule is Cn1ccnc1Sc1ccc(F)cc1NC(=O)c1cc(F)cc(F)c1. The van der Waals surface area contributed by atoms with Crippen LogP contribution in [0.2, 0.25) is 0 Å². The van der Waals surface area contributed by atoms with Crippen LogP contribution in [0, 0.1) is 17.5 Å². The molecule has 1 N–H and O–H groups in total. The van der Waals surface area contributed by atoms with Crippen molar-refractivity contribution in [1.82, 2.24) is 9.55 Å². The molecule has 0 spiro atoms. The van der Waals surface area contributed by atoms with Gasteiger partial charge in [-0.3, -0.25) is 4.79 Å². The lowest BCUT2D eigenvalue weighted by atomic mass is 10.2. The Hall–Kier alpha value is -2.74. The maximum absolute atomic E-state index is 13.6. The van der Waals surface area contributed by atoms with E-state index >= 15 is 0 Å². The number of anilines is 1. The molecule has 128 valence electrons. The zero-order chi connectivity index (χ0) is 18.0. The van der Waals surface area contributed by atoms with Crippen LogP contribution in [0.5, 0.6) is 0 Å². The number of hydrogen-bond donors (Lipinski definition) is 1. The van der Waals surface area contributed by atoms with Crippen LogP contribution in [-0.2, 0) is 7.05 Å². The lowest BCUT2D eigenvalue weighted by molar-refractivity contribution is 0.102. The minimum absolute atomic E-state index is 0.183. The molecule has 25 heavy (non-hydrogen) atoms. The van der Waals surface area contributed by atoms with Crippen LogP contribution < -0.4 is 5.32 Å². The predicted molar refractivity (Wildman–Crippen MR) is 88.0 cm³/mol. The number of aromatic nitrogens is 2. The molecule has 8 heteroatoms. The normalized spacial score (nSPS) is 10.7. The fourth-order valence-corrected chi connectivity index (χ4v) is 2.99. The van der Waals surface area contributed by atoms with E-state index in [2.05, 4.69) is 10.3 Å². The molecule has 1 amide bonds. The van der Waals surface area contributed by atoms with Gasteiger partial charge in [0.1, 0.15) is 17.5 Å². The average molecular weight is 363 g/mol. The highest BCUT2D eigenvalue weighted by Gasteiger charge is 2.14. The quantitative estimate of drug-likeness (QED) is 0.754. The number of nitrogens with one attached hydrogen (secondary N) is 1. The second kappa shape index (κ2) is 7.02. The van der Waals surface area contributed by atoms with Gasteiger partial charge in [0.2, 0.25) is 0 Å². The van der Waals surface area contributed by atoms with Crippen LogP contribution in [0.1, 0.15) is 10.4 Å². The van der Waals surface area contributed by atoms with E-state index in [1.165, 1.54) is 23.9 Å². The van der Waals surface area contributed by atoms with E-state index in [1.54, 1.807) is 24.0 Å². The van der Waals surface area contributed by atoms with Crippen molar-refractivity contribution in [1.29, 1.82) is 0 Å². The molecule has 2 aromatic carbocycles. The van der Waals surface area contributed by atoms with Crippen molar-refractivity contribution < 1.29 is 18.0 Å². The third-order valence-corrected chi connectivity index (χ3v) is 4.44. The second-order valence-electron chi connectivity index (χ2n) is 5.18. The molecule has 0 bridgehead atoms. The van der Waals surface area contributed by atoms with Crippen molar-refractivity contribution in [2.45, 2.75) is 10.1 Å². The Balaban J connectivity index is 1.89. The smallest absolute Gasteiger partial charge is 0.255 e. The van der Waals surface area contributed by atoms with Crippen LogP contribution in [0.3, 0.4) is 0 Å². The summed E-state index contributed by atoms with van der Waals surface area (Å²) in [7, 11) is 1.80. The maximum atomic E-state index is 13.6. The molecular formula is C17H12F3N3OS. The lowest BCUT2D eigenvalue weighted by Gasteiger charge is -2.11. The lowest BCUT2D eigenvalue weighted by Crippen LogP contribution is -2.13. The number of rotatable bonds is 4. The first-order chi connectivity index (χ1) is 11.9. The molecule has 0 atom stereocenters. The van der Waals surface area contributed by atoms with Gasteiger partial charge < -0.3 is 9.88 Å². The largest absolute Gasteiger partial charge is 0.329 e. The van der Waals surface area contributed by atoms with Crippen molar-refractivity contribution in [2.24, 2.45) is 7.05 Å². The first-order valence-electron chi connectivity index (χ1n) is 7.14. The third-order valence-electron chi connectivity index (χ3n) is 3.29. The van der Waals surface area contributed by atoms with E-state index < -0.39 is 23.4 Å². The molecule has 3 aromatic rings. The van der Waals surface area contributed by atoms with Gasteiger partial charge in [-0.2, -0.15) is 0 Å². The van der Waals surface area contributed by atoms with Gasteiger partial charge in [-0.25, -0.2) is 18.2 Å². The minimum Gasteiger partial charge on any atom is -0.329 e. The van der Waals surface area contributed by atoms with Crippen LogP contribution in [0.15, 0.2) is 58.8 Å². The summed E-state index contributed by atoms with van der Waals surface area (Å²) in [5.74, 6) is -3.03. The highest BCUT2D eigenvalue weighted by Crippen LogP contribution is 2.33. The molecule has 0 fully saturated rings. The monoisotopic (exact) mass is 363 g/mol. The second-order valence-corrected chi connectivity index (χ2v) is 6.18. The molecule has 4 nitrogen and oxygen atoms in total. The van der Waals surface area contributed by atoms with Crippen molar-refractivity contribution >= 4 is 23.4 Å². The molecule has 0 unspecified atom stereocenters.